The molecule has 1 atom stereocenters. The Kier molecular flexibility index (Phi) is 2.86. The molecule has 13 heavy (non-hydrogen) atoms. The Balaban J connectivity index is 5.39. The van der Waals surface area contributed by atoms with E-state index in [9.17, 15) is 8.22 Å². The summed E-state index contributed by atoms with van der Waals surface area (Å²) >= 11 is 0. The normalized spacial score (nSPS) is 16.9. The molecule has 0 aliphatic heterocycles. The third kappa shape index (κ3) is 1.71. The number of hydrogen-bond donors (Lipinski definition) is 0. The molecule has 0 aromatic carbocycles. The van der Waals surface area contributed by atoms with Crippen molar-refractivity contribution in [2.24, 2.45) is 5.41 Å². The molecule has 0 aromatic heterocycles. The highest BCUT2D eigenvalue weighted by atomic mass is 28.4. The molecule has 2 nitrogen and oxygen atoms in total. The standard InChI is InChI=1S/C8H12F2N2Si/c1-7(2,5-11)8(3,6-12)13(4,9)10/h1-4H3. The van der Waals surface area contributed by atoms with Gasteiger partial charge in [-0.05, 0) is 27.3 Å². The first-order chi connectivity index (χ1) is 5.62. The quantitative estimate of drug-likeness (QED) is 0.510. The van der Waals surface area contributed by atoms with Gasteiger partial charge in [-0.1, -0.05) is 0 Å². The molecule has 0 aromatic rings. The molecule has 1 unspecified atom stereocenters. The van der Waals surface area contributed by atoms with Gasteiger partial charge < -0.3 is 0 Å². The predicted molar refractivity (Wildman–Crippen MR) is 47.2 cm³/mol. The Bertz CT molecular complexity index is 282. The van der Waals surface area contributed by atoms with Gasteiger partial charge in [-0.25, -0.2) is 0 Å². The minimum atomic E-state index is -4.65. The lowest BCUT2D eigenvalue weighted by molar-refractivity contribution is 0.345. The predicted octanol–water partition coefficient (Wildman–Crippen LogP) is 2.83. The van der Waals surface area contributed by atoms with E-state index in [0.717, 1.165) is 6.55 Å². The lowest BCUT2D eigenvalue weighted by Crippen LogP contribution is -2.44. The zero-order valence-electron chi connectivity index (χ0n) is 8.15. The van der Waals surface area contributed by atoms with Crippen LogP contribution in [0.25, 0.3) is 0 Å². The summed E-state index contributed by atoms with van der Waals surface area (Å²) in [5.74, 6) is 0. The molecule has 0 rings (SSSR count). The van der Waals surface area contributed by atoms with E-state index in [0.29, 0.717) is 0 Å². The van der Waals surface area contributed by atoms with Crippen LogP contribution < -0.4 is 0 Å². The lowest BCUT2D eigenvalue weighted by atomic mass is 9.81. The molecule has 0 saturated heterocycles. The van der Waals surface area contributed by atoms with Crippen molar-refractivity contribution in [3.63, 3.8) is 0 Å². The monoisotopic (exact) mass is 202 g/mol. The summed E-state index contributed by atoms with van der Waals surface area (Å²) in [7, 11) is -4.65. The largest absolute Gasteiger partial charge is 0.442 e. The van der Waals surface area contributed by atoms with Crippen LogP contribution in [-0.4, -0.2) is 8.74 Å². The van der Waals surface area contributed by atoms with Crippen molar-refractivity contribution >= 4 is 8.74 Å². The van der Waals surface area contributed by atoms with Crippen LogP contribution in [0.3, 0.4) is 0 Å². The first-order valence-corrected chi connectivity index (χ1v) is 6.08. The molecule has 0 aliphatic rings. The summed E-state index contributed by atoms with van der Waals surface area (Å²) < 4.78 is 26.4. The second kappa shape index (κ2) is 3.08. The number of nitrogens with zero attached hydrogens (tertiary/aromatic N) is 2. The van der Waals surface area contributed by atoms with Crippen molar-refractivity contribution in [1.29, 1.82) is 10.5 Å². The van der Waals surface area contributed by atoms with Gasteiger partial charge in [-0.15, -0.1) is 0 Å². The van der Waals surface area contributed by atoms with Gasteiger partial charge in [0.25, 0.3) is 0 Å². The Labute approximate surface area is 78.1 Å². The summed E-state index contributed by atoms with van der Waals surface area (Å²) in [6.45, 7) is 4.72. The maximum atomic E-state index is 13.2. The van der Waals surface area contributed by atoms with Gasteiger partial charge in [0.05, 0.1) is 17.6 Å². The number of nitriles is 2. The highest BCUT2D eigenvalue weighted by Crippen LogP contribution is 2.52. The zero-order chi connectivity index (χ0) is 10.9. The molecular weight excluding hydrogens is 190 g/mol. The van der Waals surface area contributed by atoms with Crippen LogP contribution >= 0.6 is 0 Å². The Morgan fingerprint density at radius 1 is 1.08 bits per heavy atom. The average Bonchev–Trinajstić information content (AvgIpc) is 2.00. The van der Waals surface area contributed by atoms with Crippen molar-refractivity contribution in [1.82, 2.24) is 0 Å². The summed E-state index contributed by atoms with van der Waals surface area (Å²) in [4.78, 5) is 0. The Morgan fingerprint density at radius 2 is 1.46 bits per heavy atom. The van der Waals surface area contributed by atoms with E-state index in [1.807, 2.05) is 0 Å². The van der Waals surface area contributed by atoms with Crippen LogP contribution in [0.15, 0.2) is 0 Å². The first kappa shape index (κ1) is 12.1. The summed E-state index contributed by atoms with van der Waals surface area (Å²) in [6.07, 6.45) is 0. The first-order valence-electron chi connectivity index (χ1n) is 3.83. The van der Waals surface area contributed by atoms with E-state index in [1.54, 1.807) is 12.1 Å². The van der Waals surface area contributed by atoms with Crippen molar-refractivity contribution < 1.29 is 8.22 Å². The molecule has 0 heterocycles. The van der Waals surface area contributed by atoms with E-state index in [2.05, 4.69) is 0 Å². The maximum Gasteiger partial charge on any atom is 0.442 e. The van der Waals surface area contributed by atoms with Gasteiger partial charge in [0.2, 0.25) is 0 Å². The highest BCUT2D eigenvalue weighted by molar-refractivity contribution is 6.69. The summed E-state index contributed by atoms with van der Waals surface area (Å²) in [5, 5.41) is 15.6. The minimum Gasteiger partial charge on any atom is -0.269 e. The number of halogens is 2. The second-order valence-electron chi connectivity index (χ2n) is 3.86. The van der Waals surface area contributed by atoms with Gasteiger partial charge >= 0.3 is 8.74 Å². The Hall–Kier alpha value is -0.943. The van der Waals surface area contributed by atoms with Gasteiger partial charge in [0.1, 0.15) is 5.04 Å². The number of hydrogen-bond acceptors (Lipinski definition) is 2. The molecule has 0 saturated carbocycles. The van der Waals surface area contributed by atoms with Crippen molar-refractivity contribution in [2.45, 2.75) is 32.4 Å². The highest BCUT2D eigenvalue weighted by Gasteiger charge is 2.60. The van der Waals surface area contributed by atoms with E-state index in [-0.39, 0.29) is 0 Å². The van der Waals surface area contributed by atoms with E-state index >= 15 is 0 Å². The fraction of sp³-hybridized carbons (Fsp3) is 0.750. The van der Waals surface area contributed by atoms with Gasteiger partial charge in [-0.3, -0.25) is 8.22 Å². The molecule has 0 N–H and O–H groups in total. The van der Waals surface area contributed by atoms with Crippen molar-refractivity contribution in [2.75, 3.05) is 0 Å². The molecular formula is C8H12F2N2Si. The topological polar surface area (TPSA) is 47.6 Å². The van der Waals surface area contributed by atoms with E-state index < -0.39 is 19.2 Å². The van der Waals surface area contributed by atoms with Gasteiger partial charge in [0, 0.05) is 0 Å². The number of rotatable bonds is 2. The molecule has 0 fully saturated rings. The summed E-state index contributed by atoms with van der Waals surface area (Å²) in [5.41, 5.74) is -1.31. The zero-order valence-corrected chi connectivity index (χ0v) is 9.15. The maximum absolute atomic E-state index is 13.2. The molecule has 0 spiro atoms. The smallest absolute Gasteiger partial charge is 0.269 e. The van der Waals surface area contributed by atoms with Crippen LogP contribution in [0.4, 0.5) is 8.22 Å². The summed E-state index contributed by atoms with van der Waals surface area (Å²) in [6, 6.07) is 3.37. The fourth-order valence-corrected chi connectivity index (χ4v) is 2.25. The van der Waals surface area contributed by atoms with Gasteiger partial charge in [0.15, 0.2) is 0 Å². The molecule has 0 aliphatic carbocycles. The van der Waals surface area contributed by atoms with Crippen LogP contribution in [0.1, 0.15) is 20.8 Å². The van der Waals surface area contributed by atoms with Crippen LogP contribution in [-0.2, 0) is 0 Å². The molecule has 5 heteroatoms. The van der Waals surface area contributed by atoms with Crippen LogP contribution in [0.2, 0.25) is 11.6 Å². The van der Waals surface area contributed by atoms with Crippen LogP contribution in [0, 0.1) is 28.1 Å². The molecule has 0 radical (unpaired) electrons. The van der Waals surface area contributed by atoms with Crippen molar-refractivity contribution in [3.05, 3.63) is 0 Å². The second-order valence-corrected chi connectivity index (χ2v) is 6.64. The van der Waals surface area contributed by atoms with E-state index in [4.69, 9.17) is 10.5 Å². The third-order valence-electron chi connectivity index (χ3n) is 2.63. The SMILES string of the molecule is CC(C)(C#N)C(C)(C#N)[Si](C)(F)F. The van der Waals surface area contributed by atoms with Crippen LogP contribution in [0.5, 0.6) is 0 Å². The minimum absolute atomic E-state index is 0.801. The average molecular weight is 202 g/mol. The Morgan fingerprint density at radius 3 is 1.54 bits per heavy atom. The fourth-order valence-electron chi connectivity index (χ4n) is 0.898. The molecule has 0 bridgehead atoms. The molecule has 0 amide bonds. The third-order valence-corrected chi connectivity index (χ3v) is 5.12. The van der Waals surface area contributed by atoms with Gasteiger partial charge in [-0.2, -0.15) is 10.5 Å². The molecule has 72 valence electrons. The lowest BCUT2D eigenvalue weighted by Gasteiger charge is -2.35. The van der Waals surface area contributed by atoms with Crippen molar-refractivity contribution in [3.8, 4) is 12.1 Å². The van der Waals surface area contributed by atoms with E-state index in [1.165, 1.54) is 20.8 Å².